The Kier molecular flexibility index (Phi) is 5.88. The normalized spacial score (nSPS) is 14.5. The highest BCUT2D eigenvalue weighted by molar-refractivity contribution is 7.89. The first-order valence-corrected chi connectivity index (χ1v) is 8.31. The molecule has 0 saturated carbocycles. The highest BCUT2D eigenvalue weighted by atomic mass is 32.2. The van der Waals surface area contributed by atoms with E-state index >= 15 is 0 Å². The maximum absolute atomic E-state index is 12.0. The predicted octanol–water partition coefficient (Wildman–Crippen LogP) is 1.22. The summed E-state index contributed by atoms with van der Waals surface area (Å²) in [6.45, 7) is 5.55. The molecule has 0 unspecified atom stereocenters. The zero-order valence-electron chi connectivity index (χ0n) is 12.8. The van der Waals surface area contributed by atoms with Gasteiger partial charge in [-0.1, -0.05) is 26.3 Å². The Balaban J connectivity index is 3.02. The minimum atomic E-state index is -3.56. The van der Waals surface area contributed by atoms with E-state index in [0.29, 0.717) is 11.3 Å². The van der Waals surface area contributed by atoms with Crippen molar-refractivity contribution < 1.29 is 13.2 Å². The minimum absolute atomic E-state index is 0.0518. The summed E-state index contributed by atoms with van der Waals surface area (Å²) in [5, 5.41) is 2.66. The van der Waals surface area contributed by atoms with E-state index in [1.165, 1.54) is 13.1 Å². The van der Waals surface area contributed by atoms with Crippen LogP contribution in [-0.4, -0.2) is 27.4 Å². The largest absolute Gasteiger partial charge is 0.325 e. The maximum atomic E-state index is 12.0. The minimum Gasteiger partial charge on any atom is -0.325 e. The van der Waals surface area contributed by atoms with Crippen molar-refractivity contribution in [3.8, 4) is 0 Å². The van der Waals surface area contributed by atoms with Crippen molar-refractivity contribution in [1.29, 1.82) is 0 Å². The van der Waals surface area contributed by atoms with Crippen molar-refractivity contribution in [2.75, 3.05) is 12.4 Å². The molecular formula is C14H23N3O3S. The van der Waals surface area contributed by atoms with Gasteiger partial charge in [0.2, 0.25) is 15.9 Å². The quantitative estimate of drug-likeness (QED) is 0.735. The monoisotopic (exact) mass is 313 g/mol. The lowest BCUT2D eigenvalue weighted by Gasteiger charge is -2.18. The highest BCUT2D eigenvalue weighted by Crippen LogP contribution is 2.20. The highest BCUT2D eigenvalue weighted by Gasteiger charge is 2.21. The van der Waals surface area contributed by atoms with E-state index in [9.17, 15) is 13.2 Å². The van der Waals surface area contributed by atoms with Crippen LogP contribution in [0.2, 0.25) is 0 Å². The smallest absolute Gasteiger partial charge is 0.241 e. The predicted molar refractivity (Wildman–Crippen MR) is 83.5 cm³/mol. The number of rotatable bonds is 6. The lowest BCUT2D eigenvalue weighted by molar-refractivity contribution is -0.118. The SMILES string of the molecule is CC[C@H](C)[C@H](N)C(=O)Nc1ccc(C)c(S(=O)(=O)NC)c1. The Morgan fingerprint density at radius 1 is 1.38 bits per heavy atom. The number of carbonyl (C=O) groups is 1. The fourth-order valence-corrected chi connectivity index (χ4v) is 2.81. The molecule has 21 heavy (non-hydrogen) atoms. The zero-order chi connectivity index (χ0) is 16.2. The molecule has 0 radical (unpaired) electrons. The molecule has 0 aromatic heterocycles. The second-order valence-electron chi connectivity index (χ2n) is 5.09. The van der Waals surface area contributed by atoms with Crippen LogP contribution in [0.3, 0.4) is 0 Å². The molecular weight excluding hydrogens is 290 g/mol. The number of anilines is 1. The molecule has 0 saturated heterocycles. The number of amides is 1. The molecule has 0 heterocycles. The Bertz CT molecular complexity index is 614. The molecule has 0 fully saturated rings. The number of carbonyl (C=O) groups excluding carboxylic acids is 1. The van der Waals surface area contributed by atoms with Gasteiger partial charge in [-0.2, -0.15) is 0 Å². The molecule has 118 valence electrons. The van der Waals surface area contributed by atoms with Crippen molar-refractivity contribution in [1.82, 2.24) is 4.72 Å². The molecule has 1 aromatic rings. The lowest BCUT2D eigenvalue weighted by Crippen LogP contribution is -2.40. The van der Waals surface area contributed by atoms with Crippen molar-refractivity contribution in [2.24, 2.45) is 11.7 Å². The van der Waals surface area contributed by atoms with Crippen molar-refractivity contribution in [3.05, 3.63) is 23.8 Å². The van der Waals surface area contributed by atoms with E-state index in [2.05, 4.69) is 10.0 Å². The number of nitrogens with two attached hydrogens (primary N) is 1. The van der Waals surface area contributed by atoms with Crippen molar-refractivity contribution in [3.63, 3.8) is 0 Å². The van der Waals surface area contributed by atoms with Gasteiger partial charge in [0.05, 0.1) is 10.9 Å². The Morgan fingerprint density at radius 3 is 2.52 bits per heavy atom. The molecule has 0 bridgehead atoms. The molecule has 0 aliphatic rings. The molecule has 1 rings (SSSR count). The number of nitrogens with one attached hydrogen (secondary N) is 2. The zero-order valence-corrected chi connectivity index (χ0v) is 13.6. The topological polar surface area (TPSA) is 101 Å². The third-order valence-electron chi connectivity index (χ3n) is 3.57. The van der Waals surface area contributed by atoms with E-state index in [4.69, 9.17) is 5.73 Å². The van der Waals surface area contributed by atoms with E-state index in [0.717, 1.165) is 6.42 Å². The van der Waals surface area contributed by atoms with Gasteiger partial charge in [0.1, 0.15) is 0 Å². The molecule has 4 N–H and O–H groups in total. The number of hydrogen-bond acceptors (Lipinski definition) is 4. The standard InChI is InChI=1S/C14H23N3O3S/c1-5-9(2)13(15)14(18)17-11-7-6-10(3)12(8-11)21(19,20)16-4/h6-9,13,16H,5,15H2,1-4H3,(H,17,18)/t9-,13-/m0/s1. The first-order chi connectivity index (χ1) is 9.72. The third kappa shape index (κ3) is 4.26. The molecule has 1 amide bonds. The van der Waals surface area contributed by atoms with E-state index < -0.39 is 16.1 Å². The Morgan fingerprint density at radius 2 is 2.00 bits per heavy atom. The van der Waals surface area contributed by atoms with Crippen molar-refractivity contribution >= 4 is 21.6 Å². The fourth-order valence-electron chi connectivity index (χ4n) is 1.82. The van der Waals surface area contributed by atoms with Gasteiger partial charge in [0.25, 0.3) is 0 Å². The average Bonchev–Trinajstić information content (AvgIpc) is 2.47. The van der Waals surface area contributed by atoms with Gasteiger partial charge < -0.3 is 11.1 Å². The first-order valence-electron chi connectivity index (χ1n) is 6.83. The van der Waals surface area contributed by atoms with Crippen LogP contribution in [0.15, 0.2) is 23.1 Å². The summed E-state index contributed by atoms with van der Waals surface area (Å²) in [6, 6.07) is 4.11. The van der Waals surface area contributed by atoms with E-state index in [1.807, 2.05) is 13.8 Å². The first kappa shape index (κ1) is 17.6. The number of aryl methyl sites for hydroxylation is 1. The average molecular weight is 313 g/mol. The van der Waals surface area contributed by atoms with Gasteiger partial charge in [-0.3, -0.25) is 4.79 Å². The summed E-state index contributed by atoms with van der Waals surface area (Å²) < 4.78 is 26.1. The van der Waals surface area contributed by atoms with Crippen LogP contribution in [0.5, 0.6) is 0 Å². The van der Waals surface area contributed by atoms with E-state index in [1.54, 1.807) is 19.1 Å². The van der Waals surface area contributed by atoms with Gasteiger partial charge >= 0.3 is 0 Å². The molecule has 1 aromatic carbocycles. The van der Waals surface area contributed by atoms with Gasteiger partial charge in [0, 0.05) is 5.69 Å². The molecule has 0 spiro atoms. The summed E-state index contributed by atoms with van der Waals surface area (Å²) >= 11 is 0. The molecule has 7 heteroatoms. The van der Waals surface area contributed by atoms with Crippen LogP contribution in [0.1, 0.15) is 25.8 Å². The summed E-state index contributed by atoms with van der Waals surface area (Å²) in [6.07, 6.45) is 0.794. The van der Waals surface area contributed by atoms with Crippen LogP contribution < -0.4 is 15.8 Å². The summed E-state index contributed by atoms with van der Waals surface area (Å²) in [4.78, 5) is 12.2. The van der Waals surface area contributed by atoms with Crippen molar-refractivity contribution in [2.45, 2.75) is 38.1 Å². The van der Waals surface area contributed by atoms with E-state index in [-0.39, 0.29) is 16.7 Å². The number of hydrogen-bond donors (Lipinski definition) is 3. The fraction of sp³-hybridized carbons (Fsp3) is 0.500. The van der Waals surface area contributed by atoms with Gasteiger partial charge in [-0.25, -0.2) is 13.1 Å². The number of sulfonamides is 1. The molecule has 0 aliphatic heterocycles. The summed E-state index contributed by atoms with van der Waals surface area (Å²) in [5.41, 5.74) is 6.88. The van der Waals surface area contributed by atoms with Crippen LogP contribution in [-0.2, 0) is 14.8 Å². The third-order valence-corrected chi connectivity index (χ3v) is 5.13. The van der Waals surface area contributed by atoms with Crippen LogP contribution >= 0.6 is 0 Å². The molecule has 6 nitrogen and oxygen atoms in total. The molecule has 0 aliphatic carbocycles. The summed E-state index contributed by atoms with van der Waals surface area (Å²) in [5.74, 6) is -0.267. The lowest BCUT2D eigenvalue weighted by atomic mass is 9.99. The number of benzene rings is 1. The van der Waals surface area contributed by atoms with Gasteiger partial charge in [-0.15, -0.1) is 0 Å². The van der Waals surface area contributed by atoms with Crippen LogP contribution in [0, 0.1) is 12.8 Å². The van der Waals surface area contributed by atoms with Gasteiger partial charge in [-0.05, 0) is 37.6 Å². The maximum Gasteiger partial charge on any atom is 0.241 e. The van der Waals surface area contributed by atoms with Crippen LogP contribution in [0.25, 0.3) is 0 Å². The molecule has 2 atom stereocenters. The summed E-state index contributed by atoms with van der Waals surface area (Å²) in [7, 11) is -2.21. The second kappa shape index (κ2) is 7.02. The van der Waals surface area contributed by atoms with Crippen LogP contribution in [0.4, 0.5) is 5.69 Å². The Hall–Kier alpha value is -1.44. The Labute approximate surface area is 126 Å². The second-order valence-corrected chi connectivity index (χ2v) is 6.94. The van der Waals surface area contributed by atoms with Gasteiger partial charge in [0.15, 0.2) is 0 Å².